The molecule has 0 aliphatic carbocycles. The SMILES string of the molecule is CN=C(NCCCOC1CCOCC1)NCc1ccc(C)cc1OCCOC.I. The first-order chi connectivity index (χ1) is 13.7. The normalized spacial score (nSPS) is 14.9. The number of halogens is 1. The summed E-state index contributed by atoms with van der Waals surface area (Å²) in [6.07, 6.45) is 3.29. The van der Waals surface area contributed by atoms with E-state index in [-0.39, 0.29) is 24.0 Å². The third-order valence-corrected chi connectivity index (χ3v) is 4.57. The van der Waals surface area contributed by atoms with Gasteiger partial charge in [-0.1, -0.05) is 12.1 Å². The molecule has 2 N–H and O–H groups in total. The number of nitrogens with one attached hydrogen (secondary N) is 2. The highest BCUT2D eigenvalue weighted by Crippen LogP contribution is 2.20. The van der Waals surface area contributed by atoms with Crippen molar-refractivity contribution < 1.29 is 18.9 Å². The predicted molar refractivity (Wildman–Crippen MR) is 127 cm³/mol. The van der Waals surface area contributed by atoms with Crippen LogP contribution in [0.3, 0.4) is 0 Å². The van der Waals surface area contributed by atoms with E-state index in [9.17, 15) is 0 Å². The summed E-state index contributed by atoms with van der Waals surface area (Å²) in [4.78, 5) is 4.29. The van der Waals surface area contributed by atoms with Gasteiger partial charge in [-0.2, -0.15) is 0 Å². The molecule has 2 rings (SSSR count). The molecule has 1 aliphatic rings. The van der Waals surface area contributed by atoms with Gasteiger partial charge in [0.15, 0.2) is 5.96 Å². The Balaban J connectivity index is 0.00000420. The van der Waals surface area contributed by atoms with E-state index in [0.717, 1.165) is 62.9 Å². The molecule has 0 bridgehead atoms. The molecule has 0 aromatic heterocycles. The zero-order valence-corrected chi connectivity index (χ0v) is 20.2. The summed E-state index contributed by atoms with van der Waals surface area (Å²) in [5.74, 6) is 1.65. The van der Waals surface area contributed by atoms with Crippen molar-refractivity contribution in [3.63, 3.8) is 0 Å². The summed E-state index contributed by atoms with van der Waals surface area (Å²) in [6, 6.07) is 6.22. The monoisotopic (exact) mass is 521 g/mol. The van der Waals surface area contributed by atoms with Crippen molar-refractivity contribution in [1.82, 2.24) is 10.6 Å². The molecule has 0 unspecified atom stereocenters. The first-order valence-electron chi connectivity index (χ1n) is 10.1. The second-order valence-electron chi connectivity index (χ2n) is 6.84. The van der Waals surface area contributed by atoms with Crippen molar-refractivity contribution in [2.24, 2.45) is 4.99 Å². The van der Waals surface area contributed by atoms with Crippen LogP contribution in [0.1, 0.15) is 30.4 Å². The highest BCUT2D eigenvalue weighted by atomic mass is 127. The third kappa shape index (κ3) is 10.5. The number of ether oxygens (including phenoxy) is 4. The number of methoxy groups -OCH3 is 1. The van der Waals surface area contributed by atoms with E-state index >= 15 is 0 Å². The lowest BCUT2D eigenvalue weighted by Crippen LogP contribution is -2.37. The Bertz CT molecular complexity index is 595. The zero-order valence-electron chi connectivity index (χ0n) is 17.9. The van der Waals surface area contributed by atoms with Crippen LogP contribution in [0.2, 0.25) is 0 Å². The van der Waals surface area contributed by atoms with Crippen LogP contribution in [-0.4, -0.2) is 65.8 Å². The number of rotatable bonds is 11. The summed E-state index contributed by atoms with van der Waals surface area (Å²) in [6.45, 7) is 7.00. The van der Waals surface area contributed by atoms with Crippen molar-refractivity contribution in [3.05, 3.63) is 29.3 Å². The first-order valence-corrected chi connectivity index (χ1v) is 10.1. The number of aliphatic imine (C=N–C) groups is 1. The molecule has 166 valence electrons. The van der Waals surface area contributed by atoms with Crippen LogP contribution < -0.4 is 15.4 Å². The van der Waals surface area contributed by atoms with Gasteiger partial charge in [0.25, 0.3) is 0 Å². The fourth-order valence-electron chi connectivity index (χ4n) is 2.95. The molecule has 0 atom stereocenters. The van der Waals surface area contributed by atoms with Crippen LogP contribution in [0, 0.1) is 6.92 Å². The van der Waals surface area contributed by atoms with Crippen molar-refractivity contribution >= 4 is 29.9 Å². The van der Waals surface area contributed by atoms with Crippen molar-refractivity contribution in [2.75, 3.05) is 53.7 Å². The Morgan fingerprint density at radius 3 is 2.69 bits per heavy atom. The predicted octanol–water partition coefficient (Wildman–Crippen LogP) is 2.89. The Kier molecular flexibility index (Phi) is 14.0. The van der Waals surface area contributed by atoms with E-state index in [1.54, 1.807) is 14.2 Å². The highest BCUT2D eigenvalue weighted by molar-refractivity contribution is 14.0. The summed E-state index contributed by atoms with van der Waals surface area (Å²) >= 11 is 0. The molecule has 7 nitrogen and oxygen atoms in total. The molecule has 1 fully saturated rings. The molecule has 29 heavy (non-hydrogen) atoms. The molecule has 0 radical (unpaired) electrons. The van der Waals surface area contributed by atoms with Gasteiger partial charge < -0.3 is 29.6 Å². The van der Waals surface area contributed by atoms with Gasteiger partial charge in [-0.05, 0) is 37.8 Å². The van der Waals surface area contributed by atoms with E-state index in [1.807, 2.05) is 0 Å². The number of benzene rings is 1. The maximum Gasteiger partial charge on any atom is 0.191 e. The Labute approximate surface area is 191 Å². The van der Waals surface area contributed by atoms with Crippen molar-refractivity contribution in [2.45, 2.75) is 38.8 Å². The van der Waals surface area contributed by atoms with Gasteiger partial charge in [0, 0.05) is 52.6 Å². The van der Waals surface area contributed by atoms with Crippen LogP contribution in [0.15, 0.2) is 23.2 Å². The average Bonchev–Trinajstić information content (AvgIpc) is 2.72. The van der Waals surface area contributed by atoms with Crippen molar-refractivity contribution in [1.29, 1.82) is 0 Å². The van der Waals surface area contributed by atoms with Gasteiger partial charge in [-0.15, -0.1) is 24.0 Å². The fourth-order valence-corrected chi connectivity index (χ4v) is 2.95. The number of hydrogen-bond donors (Lipinski definition) is 2. The topological polar surface area (TPSA) is 73.3 Å². The lowest BCUT2D eigenvalue weighted by atomic mass is 10.1. The standard InChI is InChI=1S/C21H35N3O4.HI/c1-17-5-6-18(20(15-17)28-14-13-25-3)16-24-21(22-2)23-9-4-10-27-19-7-11-26-12-8-19;/h5-6,15,19H,4,7-14,16H2,1-3H3,(H2,22,23,24);1H. The summed E-state index contributed by atoms with van der Waals surface area (Å²) in [7, 11) is 3.45. The molecule has 1 aliphatic heterocycles. The van der Waals surface area contributed by atoms with Crippen LogP contribution in [0.4, 0.5) is 0 Å². The second-order valence-corrected chi connectivity index (χ2v) is 6.84. The minimum absolute atomic E-state index is 0. The quantitative estimate of drug-likeness (QED) is 0.202. The fraction of sp³-hybridized carbons (Fsp3) is 0.667. The minimum Gasteiger partial charge on any atom is -0.491 e. The highest BCUT2D eigenvalue weighted by Gasteiger charge is 2.13. The van der Waals surface area contributed by atoms with E-state index in [2.05, 4.69) is 40.7 Å². The second kappa shape index (κ2) is 15.7. The van der Waals surface area contributed by atoms with Crippen molar-refractivity contribution in [3.8, 4) is 5.75 Å². The van der Waals surface area contributed by atoms with Crippen LogP contribution in [-0.2, 0) is 20.8 Å². The van der Waals surface area contributed by atoms with E-state index in [4.69, 9.17) is 18.9 Å². The number of aryl methyl sites for hydroxylation is 1. The number of hydrogen-bond acceptors (Lipinski definition) is 5. The summed E-state index contributed by atoms with van der Waals surface area (Å²) in [5.41, 5.74) is 2.26. The van der Waals surface area contributed by atoms with Gasteiger partial charge in [0.1, 0.15) is 12.4 Å². The Hall–Kier alpha value is -1.10. The van der Waals surface area contributed by atoms with Gasteiger partial charge in [0.2, 0.25) is 0 Å². The molecular weight excluding hydrogens is 485 g/mol. The molecule has 0 spiro atoms. The van der Waals surface area contributed by atoms with Gasteiger partial charge in [-0.25, -0.2) is 0 Å². The Morgan fingerprint density at radius 2 is 1.97 bits per heavy atom. The maximum absolute atomic E-state index is 5.89. The zero-order chi connectivity index (χ0) is 20.0. The van der Waals surface area contributed by atoms with E-state index in [1.165, 1.54) is 5.56 Å². The minimum atomic E-state index is 0. The molecule has 1 saturated heterocycles. The molecule has 0 saturated carbocycles. The number of nitrogens with zero attached hydrogens (tertiary/aromatic N) is 1. The summed E-state index contributed by atoms with van der Waals surface area (Å²) < 4.78 is 22.2. The van der Waals surface area contributed by atoms with Gasteiger partial charge >= 0.3 is 0 Å². The summed E-state index contributed by atoms with van der Waals surface area (Å²) in [5, 5.41) is 6.68. The lowest BCUT2D eigenvalue weighted by molar-refractivity contribution is -0.0320. The van der Waals surface area contributed by atoms with Gasteiger partial charge in [0.05, 0.1) is 12.7 Å². The van der Waals surface area contributed by atoms with Crippen LogP contribution >= 0.6 is 24.0 Å². The van der Waals surface area contributed by atoms with Crippen LogP contribution in [0.5, 0.6) is 5.75 Å². The molecule has 0 amide bonds. The lowest BCUT2D eigenvalue weighted by Gasteiger charge is -2.22. The average molecular weight is 521 g/mol. The smallest absolute Gasteiger partial charge is 0.191 e. The van der Waals surface area contributed by atoms with E-state index in [0.29, 0.717) is 25.9 Å². The molecule has 1 heterocycles. The maximum atomic E-state index is 5.89. The first kappa shape index (κ1) is 25.9. The van der Waals surface area contributed by atoms with E-state index < -0.39 is 0 Å². The molecular formula is C21H36IN3O4. The Morgan fingerprint density at radius 1 is 1.17 bits per heavy atom. The largest absolute Gasteiger partial charge is 0.491 e. The third-order valence-electron chi connectivity index (χ3n) is 4.57. The molecule has 1 aromatic rings. The molecule has 1 aromatic carbocycles. The van der Waals surface area contributed by atoms with Gasteiger partial charge in [-0.3, -0.25) is 4.99 Å². The number of guanidine groups is 1. The molecule has 8 heteroatoms. The van der Waals surface area contributed by atoms with Crippen LogP contribution in [0.25, 0.3) is 0 Å².